The summed E-state index contributed by atoms with van der Waals surface area (Å²) < 4.78 is 0. The highest BCUT2D eigenvalue weighted by Crippen LogP contribution is 2.13. The summed E-state index contributed by atoms with van der Waals surface area (Å²) in [5.41, 5.74) is 0.389. The lowest BCUT2D eigenvalue weighted by Gasteiger charge is -2.19. The Morgan fingerprint density at radius 2 is 1.86 bits per heavy atom. The zero-order chi connectivity index (χ0) is 10.6. The summed E-state index contributed by atoms with van der Waals surface area (Å²) in [5, 5.41) is 13.7. The maximum atomic E-state index is 9.85. The first-order chi connectivity index (χ1) is 6.55. The molecule has 0 spiro atoms. The molecule has 1 N–H and O–H groups in total. The molecule has 0 radical (unpaired) electrons. The molecular formula is C11H15NO2. The highest BCUT2D eigenvalue weighted by molar-refractivity contribution is 6.05. The van der Waals surface area contributed by atoms with Crippen LogP contribution in [0, 0.1) is 0 Å². The van der Waals surface area contributed by atoms with E-state index in [1.165, 1.54) is 7.11 Å². The summed E-state index contributed by atoms with van der Waals surface area (Å²) in [5.74, 6) is 0. The van der Waals surface area contributed by atoms with Crippen molar-refractivity contribution in [3.8, 4) is 0 Å². The zero-order valence-corrected chi connectivity index (χ0v) is 8.69. The second-order valence-corrected chi connectivity index (χ2v) is 3.55. The summed E-state index contributed by atoms with van der Waals surface area (Å²) in [6, 6.07) is 9.47. The van der Waals surface area contributed by atoms with Crippen molar-refractivity contribution in [1.82, 2.24) is 0 Å². The molecule has 0 fully saturated rings. The van der Waals surface area contributed by atoms with Gasteiger partial charge >= 0.3 is 0 Å². The first kappa shape index (κ1) is 10.7. The Labute approximate surface area is 84.0 Å². The van der Waals surface area contributed by atoms with Crippen molar-refractivity contribution >= 4 is 5.71 Å². The second-order valence-electron chi connectivity index (χ2n) is 3.55. The van der Waals surface area contributed by atoms with Gasteiger partial charge in [-0.25, -0.2) is 0 Å². The minimum atomic E-state index is -1.00. The van der Waals surface area contributed by atoms with Crippen molar-refractivity contribution < 1.29 is 9.94 Å². The molecule has 1 aromatic rings. The fourth-order valence-corrected chi connectivity index (χ4v) is 1.20. The van der Waals surface area contributed by atoms with Gasteiger partial charge in [-0.1, -0.05) is 35.5 Å². The van der Waals surface area contributed by atoms with Gasteiger partial charge in [0.05, 0.1) is 0 Å². The van der Waals surface area contributed by atoms with Crippen LogP contribution in [0.4, 0.5) is 0 Å². The molecule has 3 nitrogen and oxygen atoms in total. The topological polar surface area (TPSA) is 41.8 Å². The van der Waals surface area contributed by atoms with Crippen molar-refractivity contribution in [2.75, 3.05) is 7.11 Å². The number of hydrogen-bond acceptors (Lipinski definition) is 3. The van der Waals surface area contributed by atoms with E-state index in [9.17, 15) is 5.11 Å². The molecule has 3 heteroatoms. The van der Waals surface area contributed by atoms with E-state index in [0.29, 0.717) is 5.71 Å². The predicted octanol–water partition coefficient (Wildman–Crippen LogP) is 1.81. The van der Waals surface area contributed by atoms with E-state index >= 15 is 0 Å². The first-order valence-corrected chi connectivity index (χ1v) is 4.45. The molecule has 0 aliphatic rings. The molecule has 0 amide bonds. The van der Waals surface area contributed by atoms with Crippen LogP contribution >= 0.6 is 0 Å². The van der Waals surface area contributed by atoms with Gasteiger partial charge in [0, 0.05) is 5.56 Å². The van der Waals surface area contributed by atoms with Crippen molar-refractivity contribution in [1.29, 1.82) is 0 Å². The Morgan fingerprint density at radius 1 is 1.29 bits per heavy atom. The molecule has 0 aromatic heterocycles. The third-order valence-electron chi connectivity index (χ3n) is 1.81. The molecule has 0 heterocycles. The zero-order valence-electron chi connectivity index (χ0n) is 8.69. The number of nitrogens with zero attached hydrogens (tertiary/aromatic N) is 1. The number of oxime groups is 1. The van der Waals surface area contributed by atoms with E-state index in [2.05, 4.69) is 5.16 Å². The fourth-order valence-electron chi connectivity index (χ4n) is 1.20. The van der Waals surface area contributed by atoms with Gasteiger partial charge < -0.3 is 9.94 Å². The smallest absolute Gasteiger partial charge is 0.118 e. The van der Waals surface area contributed by atoms with Gasteiger partial charge in [-0.3, -0.25) is 0 Å². The monoisotopic (exact) mass is 193 g/mol. The van der Waals surface area contributed by atoms with Crippen LogP contribution in [0.15, 0.2) is 35.5 Å². The highest BCUT2D eigenvalue weighted by atomic mass is 16.6. The van der Waals surface area contributed by atoms with Crippen LogP contribution in [-0.4, -0.2) is 23.5 Å². The van der Waals surface area contributed by atoms with Crippen molar-refractivity contribution in [2.45, 2.75) is 19.4 Å². The van der Waals surface area contributed by atoms with E-state index in [1.54, 1.807) is 13.8 Å². The molecule has 1 rings (SSSR count). The lowest BCUT2D eigenvalue weighted by Crippen LogP contribution is -2.32. The normalized spacial score (nSPS) is 12.7. The minimum absolute atomic E-state index is 0.528. The number of benzene rings is 1. The van der Waals surface area contributed by atoms with Gasteiger partial charge in [-0.05, 0) is 13.8 Å². The van der Waals surface area contributed by atoms with Crippen LogP contribution in [0.3, 0.4) is 0 Å². The molecule has 0 saturated heterocycles. The van der Waals surface area contributed by atoms with Gasteiger partial charge in [0.1, 0.15) is 18.4 Å². The summed E-state index contributed by atoms with van der Waals surface area (Å²) in [4.78, 5) is 4.71. The maximum absolute atomic E-state index is 9.85. The molecule has 0 saturated carbocycles. The first-order valence-electron chi connectivity index (χ1n) is 4.45. The van der Waals surface area contributed by atoms with Gasteiger partial charge in [-0.2, -0.15) is 0 Å². The Kier molecular flexibility index (Phi) is 3.25. The van der Waals surface area contributed by atoms with Crippen molar-refractivity contribution in [2.24, 2.45) is 5.16 Å². The molecule has 0 atom stereocenters. The molecule has 14 heavy (non-hydrogen) atoms. The van der Waals surface area contributed by atoms with E-state index in [0.717, 1.165) is 5.56 Å². The summed E-state index contributed by atoms with van der Waals surface area (Å²) >= 11 is 0. The number of hydrogen-bond donors (Lipinski definition) is 1. The Bertz CT molecular complexity index is 312. The predicted molar refractivity (Wildman–Crippen MR) is 56.3 cm³/mol. The molecule has 0 aliphatic heterocycles. The standard InChI is InChI=1S/C11H15NO2/c1-11(2,13)10(12-14-3)9-7-5-4-6-8-9/h4-8,13H,1-3H3. The minimum Gasteiger partial charge on any atom is -0.399 e. The maximum Gasteiger partial charge on any atom is 0.118 e. The van der Waals surface area contributed by atoms with Gasteiger partial charge in [0.2, 0.25) is 0 Å². The molecular weight excluding hydrogens is 178 g/mol. The number of aliphatic hydroxyl groups is 1. The molecule has 1 aromatic carbocycles. The van der Waals surface area contributed by atoms with Crippen LogP contribution in [0.25, 0.3) is 0 Å². The Morgan fingerprint density at radius 3 is 2.29 bits per heavy atom. The lowest BCUT2D eigenvalue weighted by molar-refractivity contribution is 0.141. The fraction of sp³-hybridized carbons (Fsp3) is 0.364. The van der Waals surface area contributed by atoms with E-state index in [1.807, 2.05) is 30.3 Å². The van der Waals surface area contributed by atoms with Gasteiger partial charge in [0.25, 0.3) is 0 Å². The van der Waals surface area contributed by atoms with Crippen molar-refractivity contribution in [3.63, 3.8) is 0 Å². The summed E-state index contributed by atoms with van der Waals surface area (Å²) in [6.07, 6.45) is 0. The molecule has 0 aliphatic carbocycles. The highest BCUT2D eigenvalue weighted by Gasteiger charge is 2.23. The van der Waals surface area contributed by atoms with Crippen LogP contribution < -0.4 is 0 Å². The van der Waals surface area contributed by atoms with Gasteiger partial charge in [0.15, 0.2) is 0 Å². The third-order valence-corrected chi connectivity index (χ3v) is 1.81. The average Bonchev–Trinajstić information content (AvgIpc) is 2.14. The van der Waals surface area contributed by atoms with E-state index in [-0.39, 0.29) is 0 Å². The molecule has 0 bridgehead atoms. The third kappa shape index (κ3) is 2.57. The van der Waals surface area contributed by atoms with Gasteiger partial charge in [-0.15, -0.1) is 0 Å². The molecule has 76 valence electrons. The van der Waals surface area contributed by atoms with Crippen LogP contribution in [0.5, 0.6) is 0 Å². The average molecular weight is 193 g/mol. The van der Waals surface area contributed by atoms with Crippen LogP contribution in [-0.2, 0) is 4.84 Å². The largest absolute Gasteiger partial charge is 0.399 e. The van der Waals surface area contributed by atoms with Crippen LogP contribution in [0.2, 0.25) is 0 Å². The summed E-state index contributed by atoms with van der Waals surface area (Å²) in [6.45, 7) is 3.36. The summed E-state index contributed by atoms with van der Waals surface area (Å²) in [7, 11) is 1.47. The second kappa shape index (κ2) is 4.24. The van der Waals surface area contributed by atoms with Crippen LogP contribution in [0.1, 0.15) is 19.4 Å². The quantitative estimate of drug-likeness (QED) is 0.587. The van der Waals surface area contributed by atoms with E-state index in [4.69, 9.17) is 4.84 Å². The Balaban J connectivity index is 3.09. The lowest BCUT2D eigenvalue weighted by atomic mass is 9.96. The SMILES string of the molecule is CON=C(c1ccccc1)C(C)(C)O. The number of rotatable bonds is 3. The van der Waals surface area contributed by atoms with Crippen molar-refractivity contribution in [3.05, 3.63) is 35.9 Å². The van der Waals surface area contributed by atoms with E-state index < -0.39 is 5.60 Å². The Hall–Kier alpha value is -1.35. The molecule has 0 unspecified atom stereocenters.